The average molecular weight is 234 g/mol. The highest BCUT2D eigenvalue weighted by molar-refractivity contribution is 7.12. The van der Waals surface area contributed by atoms with Crippen molar-refractivity contribution in [1.29, 1.82) is 0 Å². The lowest BCUT2D eigenvalue weighted by Crippen LogP contribution is -1.87. The molecular weight excluding hydrogens is 216 g/mol. The third-order valence-corrected chi connectivity index (χ3v) is 3.12. The van der Waals surface area contributed by atoms with Gasteiger partial charge in [-0.15, -0.1) is 11.3 Å². The third-order valence-electron chi connectivity index (χ3n) is 2.23. The van der Waals surface area contributed by atoms with Gasteiger partial charge < -0.3 is 0 Å². The Morgan fingerprint density at radius 2 is 2.25 bits per heavy atom. The van der Waals surface area contributed by atoms with E-state index in [0.717, 1.165) is 11.3 Å². The van der Waals surface area contributed by atoms with Gasteiger partial charge in [-0.2, -0.15) is 0 Å². The number of hydrogen-bond donors (Lipinski definition) is 0. The van der Waals surface area contributed by atoms with Crippen LogP contribution in [-0.2, 0) is 0 Å². The lowest BCUT2D eigenvalue weighted by atomic mass is 10.2. The molecular formula is C14H18OS. The second-order valence-corrected chi connectivity index (χ2v) is 4.57. The van der Waals surface area contributed by atoms with E-state index in [4.69, 9.17) is 0 Å². The molecule has 86 valence electrons. The van der Waals surface area contributed by atoms with Crippen molar-refractivity contribution in [1.82, 2.24) is 0 Å². The lowest BCUT2D eigenvalue weighted by molar-refractivity contribution is 0.105. The maximum absolute atomic E-state index is 11.5. The van der Waals surface area contributed by atoms with Crippen LogP contribution in [0, 0.1) is 0 Å². The summed E-state index contributed by atoms with van der Waals surface area (Å²) < 4.78 is 0. The number of carbonyl (C=O) groups excluding carboxylic acids is 1. The number of ketones is 1. The summed E-state index contributed by atoms with van der Waals surface area (Å²) in [5, 5.41) is 1.92. The topological polar surface area (TPSA) is 17.1 Å². The molecule has 1 aromatic rings. The van der Waals surface area contributed by atoms with E-state index in [0.29, 0.717) is 0 Å². The number of allylic oxidation sites excluding steroid dienone is 4. The molecule has 0 fully saturated rings. The van der Waals surface area contributed by atoms with Crippen molar-refractivity contribution < 1.29 is 4.79 Å². The molecule has 0 N–H and O–H groups in total. The Labute approximate surface area is 102 Å². The summed E-state index contributed by atoms with van der Waals surface area (Å²) in [6, 6.07) is 3.74. The standard InChI is InChI=1S/C14H18OS/c1-2-3-4-5-6-7-8-10-13(15)14-11-9-12-16-14/h6-12H,2-5H2,1H3/b7-6+,10-8+. The summed E-state index contributed by atoms with van der Waals surface area (Å²) in [5.41, 5.74) is 0. The van der Waals surface area contributed by atoms with Gasteiger partial charge >= 0.3 is 0 Å². The van der Waals surface area contributed by atoms with E-state index in [1.54, 1.807) is 6.08 Å². The van der Waals surface area contributed by atoms with Gasteiger partial charge in [-0.05, 0) is 30.4 Å². The largest absolute Gasteiger partial charge is 0.288 e. The zero-order chi connectivity index (χ0) is 11.6. The van der Waals surface area contributed by atoms with Crippen LogP contribution in [0.4, 0.5) is 0 Å². The maximum atomic E-state index is 11.5. The van der Waals surface area contributed by atoms with Gasteiger partial charge in [-0.1, -0.05) is 44.1 Å². The van der Waals surface area contributed by atoms with Gasteiger partial charge in [-0.25, -0.2) is 0 Å². The lowest BCUT2D eigenvalue weighted by Gasteiger charge is -1.90. The number of unbranched alkanes of at least 4 members (excludes halogenated alkanes) is 3. The number of rotatable bonds is 7. The Hall–Kier alpha value is -1.15. The molecule has 0 amide bonds. The minimum atomic E-state index is 0.0909. The molecule has 0 atom stereocenters. The average Bonchev–Trinajstić information content (AvgIpc) is 2.81. The smallest absolute Gasteiger partial charge is 0.195 e. The monoisotopic (exact) mass is 234 g/mol. The minimum absolute atomic E-state index is 0.0909. The summed E-state index contributed by atoms with van der Waals surface area (Å²) in [4.78, 5) is 12.3. The fraction of sp³-hybridized carbons (Fsp3) is 0.357. The molecule has 1 nitrogen and oxygen atoms in total. The molecule has 1 heterocycles. The van der Waals surface area contributed by atoms with Crippen molar-refractivity contribution in [2.45, 2.75) is 32.6 Å². The summed E-state index contributed by atoms with van der Waals surface area (Å²) in [7, 11) is 0. The first kappa shape index (κ1) is 12.9. The first-order chi connectivity index (χ1) is 7.84. The minimum Gasteiger partial charge on any atom is -0.288 e. The van der Waals surface area contributed by atoms with E-state index in [9.17, 15) is 4.79 Å². The first-order valence-corrected chi connectivity index (χ1v) is 6.63. The Bertz CT molecular complexity index is 347. The fourth-order valence-electron chi connectivity index (χ4n) is 1.33. The molecule has 0 aliphatic rings. The highest BCUT2D eigenvalue weighted by Gasteiger charge is 1.99. The SMILES string of the molecule is CCCCC/C=C/C=C/C(=O)c1cccs1. The van der Waals surface area contributed by atoms with E-state index < -0.39 is 0 Å². The molecule has 0 aromatic carbocycles. The molecule has 0 saturated carbocycles. The van der Waals surface area contributed by atoms with Crippen molar-refractivity contribution in [2.24, 2.45) is 0 Å². The van der Waals surface area contributed by atoms with Crippen molar-refractivity contribution in [2.75, 3.05) is 0 Å². The first-order valence-electron chi connectivity index (χ1n) is 5.75. The Morgan fingerprint density at radius 1 is 1.38 bits per heavy atom. The summed E-state index contributed by atoms with van der Waals surface area (Å²) in [5.74, 6) is 0.0909. The zero-order valence-electron chi connectivity index (χ0n) is 9.69. The molecule has 0 aliphatic heterocycles. The highest BCUT2D eigenvalue weighted by atomic mass is 32.1. The van der Waals surface area contributed by atoms with Gasteiger partial charge in [0.15, 0.2) is 5.78 Å². The quantitative estimate of drug-likeness (QED) is 0.291. The van der Waals surface area contributed by atoms with Gasteiger partial charge in [0, 0.05) is 0 Å². The van der Waals surface area contributed by atoms with E-state index in [1.165, 1.54) is 30.6 Å². The molecule has 0 radical (unpaired) electrons. The summed E-state index contributed by atoms with van der Waals surface area (Å²) in [6.45, 7) is 2.20. The molecule has 1 aromatic heterocycles. The second kappa shape index (κ2) is 8.05. The van der Waals surface area contributed by atoms with Gasteiger partial charge in [0.1, 0.15) is 0 Å². The van der Waals surface area contributed by atoms with Gasteiger partial charge in [0.25, 0.3) is 0 Å². The normalized spacial score (nSPS) is 11.6. The van der Waals surface area contributed by atoms with Crippen molar-refractivity contribution in [3.05, 3.63) is 46.7 Å². The molecule has 0 spiro atoms. The molecule has 0 bridgehead atoms. The van der Waals surface area contributed by atoms with Crippen LogP contribution in [0.3, 0.4) is 0 Å². The Balaban J connectivity index is 2.24. The highest BCUT2D eigenvalue weighted by Crippen LogP contribution is 2.09. The molecule has 0 aliphatic carbocycles. The zero-order valence-corrected chi connectivity index (χ0v) is 10.5. The molecule has 16 heavy (non-hydrogen) atoms. The van der Waals surface area contributed by atoms with Crippen molar-refractivity contribution in [3.8, 4) is 0 Å². The van der Waals surface area contributed by atoms with E-state index in [2.05, 4.69) is 13.0 Å². The number of hydrogen-bond acceptors (Lipinski definition) is 2. The predicted octanol–water partition coefficient (Wildman–Crippen LogP) is 4.62. The van der Waals surface area contributed by atoms with Crippen LogP contribution < -0.4 is 0 Å². The van der Waals surface area contributed by atoms with Crippen molar-refractivity contribution >= 4 is 17.1 Å². The van der Waals surface area contributed by atoms with Crippen LogP contribution in [0.15, 0.2) is 41.8 Å². The van der Waals surface area contributed by atoms with Crippen LogP contribution in [-0.4, -0.2) is 5.78 Å². The van der Waals surface area contributed by atoms with E-state index in [-0.39, 0.29) is 5.78 Å². The van der Waals surface area contributed by atoms with Gasteiger partial charge in [-0.3, -0.25) is 4.79 Å². The summed E-state index contributed by atoms with van der Waals surface area (Å²) >= 11 is 1.48. The molecule has 0 unspecified atom stereocenters. The van der Waals surface area contributed by atoms with Crippen LogP contribution >= 0.6 is 11.3 Å². The van der Waals surface area contributed by atoms with Crippen LogP contribution in [0.5, 0.6) is 0 Å². The molecule has 1 rings (SSSR count). The van der Waals surface area contributed by atoms with Crippen molar-refractivity contribution in [3.63, 3.8) is 0 Å². The van der Waals surface area contributed by atoms with Crippen LogP contribution in [0.1, 0.15) is 42.3 Å². The number of thiophene rings is 1. The maximum Gasteiger partial charge on any atom is 0.195 e. The Morgan fingerprint density at radius 3 is 2.94 bits per heavy atom. The van der Waals surface area contributed by atoms with E-state index >= 15 is 0 Å². The van der Waals surface area contributed by atoms with Crippen LogP contribution in [0.25, 0.3) is 0 Å². The van der Waals surface area contributed by atoms with E-state index in [1.807, 2.05) is 29.7 Å². The molecule has 2 heteroatoms. The van der Waals surface area contributed by atoms with Crippen LogP contribution in [0.2, 0.25) is 0 Å². The van der Waals surface area contributed by atoms with Gasteiger partial charge in [0.05, 0.1) is 4.88 Å². The third kappa shape index (κ3) is 5.08. The molecule has 0 saturated heterocycles. The summed E-state index contributed by atoms with van der Waals surface area (Å²) in [6.07, 6.45) is 12.4. The Kier molecular flexibility index (Phi) is 6.50. The second-order valence-electron chi connectivity index (χ2n) is 3.62. The predicted molar refractivity (Wildman–Crippen MR) is 71.1 cm³/mol. The number of carbonyl (C=O) groups is 1. The van der Waals surface area contributed by atoms with Gasteiger partial charge in [0.2, 0.25) is 0 Å². The fourth-order valence-corrected chi connectivity index (χ4v) is 1.98.